The third-order valence-electron chi connectivity index (χ3n) is 2.27. The molecular weight excluding hydrogens is 235 g/mol. The molecule has 0 saturated carbocycles. The maximum Gasteiger partial charge on any atom is 0.216 e. The normalized spacial score (nSPS) is 11.1. The lowest BCUT2D eigenvalue weighted by molar-refractivity contribution is 0.627. The van der Waals surface area contributed by atoms with E-state index < -0.39 is 0 Å². The number of H-pyrrole nitrogens is 1. The highest BCUT2D eigenvalue weighted by Crippen LogP contribution is 2.16. The Labute approximate surface area is 102 Å². The number of aromatic nitrogens is 4. The number of anilines is 1. The number of aromatic amines is 1. The zero-order chi connectivity index (χ0) is 13.0. The van der Waals surface area contributed by atoms with Gasteiger partial charge in [0.15, 0.2) is 0 Å². The molecule has 7 heteroatoms. The molecule has 2 rings (SSSR count). The second kappa shape index (κ2) is 5.05. The molecule has 1 aromatic carbocycles. The maximum absolute atomic E-state index is 12.9. The fourth-order valence-electron chi connectivity index (χ4n) is 1.36. The van der Waals surface area contributed by atoms with Crippen molar-refractivity contribution >= 4 is 11.3 Å². The van der Waals surface area contributed by atoms with Crippen molar-refractivity contribution in [1.29, 1.82) is 5.26 Å². The van der Waals surface area contributed by atoms with Crippen LogP contribution >= 0.6 is 0 Å². The van der Waals surface area contributed by atoms with Crippen LogP contribution in [0.1, 0.15) is 11.4 Å². The van der Waals surface area contributed by atoms with Crippen molar-refractivity contribution in [2.45, 2.75) is 6.92 Å². The number of benzene rings is 1. The molecule has 0 spiro atoms. The van der Waals surface area contributed by atoms with Gasteiger partial charge in [0, 0.05) is 11.9 Å². The standard InChI is InChI=1S/C11H9FN6/c1-7-4-9(12)2-3-10(7)14-6-8(5-13)11-15-17-18-16-11/h2-4,6,14H,1H3,(H,15,16,17,18). The van der Waals surface area contributed by atoms with E-state index in [0.717, 1.165) is 5.56 Å². The Hall–Kier alpha value is -2.75. The predicted molar refractivity (Wildman–Crippen MR) is 62.5 cm³/mol. The molecule has 0 aliphatic carbocycles. The molecule has 0 saturated heterocycles. The van der Waals surface area contributed by atoms with Gasteiger partial charge in [-0.3, -0.25) is 0 Å². The molecule has 0 fully saturated rings. The highest BCUT2D eigenvalue weighted by Gasteiger charge is 2.05. The molecule has 0 aliphatic rings. The van der Waals surface area contributed by atoms with Gasteiger partial charge >= 0.3 is 0 Å². The largest absolute Gasteiger partial charge is 0.360 e. The highest BCUT2D eigenvalue weighted by molar-refractivity contribution is 5.74. The average molecular weight is 244 g/mol. The molecule has 90 valence electrons. The fraction of sp³-hybridized carbons (Fsp3) is 0.0909. The smallest absolute Gasteiger partial charge is 0.216 e. The first-order valence-corrected chi connectivity index (χ1v) is 5.07. The van der Waals surface area contributed by atoms with Crippen LogP contribution in [0.25, 0.3) is 5.57 Å². The van der Waals surface area contributed by atoms with Crippen molar-refractivity contribution in [3.8, 4) is 6.07 Å². The minimum atomic E-state index is -0.305. The van der Waals surface area contributed by atoms with Gasteiger partial charge < -0.3 is 5.32 Å². The molecule has 1 heterocycles. The van der Waals surface area contributed by atoms with E-state index >= 15 is 0 Å². The summed E-state index contributed by atoms with van der Waals surface area (Å²) in [5, 5.41) is 24.9. The molecule has 0 aliphatic heterocycles. The SMILES string of the molecule is Cc1cc(F)ccc1NC=C(C#N)c1nn[nH]n1. The van der Waals surface area contributed by atoms with E-state index in [4.69, 9.17) is 5.26 Å². The van der Waals surface area contributed by atoms with Crippen LogP contribution in [0.3, 0.4) is 0 Å². The summed E-state index contributed by atoms with van der Waals surface area (Å²) in [6.07, 6.45) is 1.45. The van der Waals surface area contributed by atoms with Crippen LogP contribution in [0.15, 0.2) is 24.4 Å². The molecular formula is C11H9FN6. The van der Waals surface area contributed by atoms with Crippen molar-refractivity contribution in [3.63, 3.8) is 0 Å². The van der Waals surface area contributed by atoms with Gasteiger partial charge in [0.25, 0.3) is 0 Å². The molecule has 1 aromatic heterocycles. The number of aryl methyl sites for hydroxylation is 1. The van der Waals surface area contributed by atoms with Crippen molar-refractivity contribution in [2.24, 2.45) is 0 Å². The summed E-state index contributed by atoms with van der Waals surface area (Å²) in [6.45, 7) is 1.76. The monoisotopic (exact) mass is 244 g/mol. The Kier molecular flexibility index (Phi) is 3.29. The predicted octanol–water partition coefficient (Wildman–Crippen LogP) is 1.62. The van der Waals surface area contributed by atoms with Gasteiger partial charge in [-0.15, -0.1) is 10.2 Å². The van der Waals surface area contributed by atoms with Gasteiger partial charge in [-0.2, -0.15) is 10.5 Å². The molecule has 0 amide bonds. The summed E-state index contributed by atoms with van der Waals surface area (Å²) < 4.78 is 12.9. The van der Waals surface area contributed by atoms with Crippen LogP contribution in [-0.2, 0) is 0 Å². The van der Waals surface area contributed by atoms with Crippen LogP contribution in [0.2, 0.25) is 0 Å². The topological polar surface area (TPSA) is 90.3 Å². The molecule has 6 nitrogen and oxygen atoms in total. The fourth-order valence-corrected chi connectivity index (χ4v) is 1.36. The van der Waals surface area contributed by atoms with Crippen LogP contribution in [0, 0.1) is 24.1 Å². The second-order valence-electron chi connectivity index (χ2n) is 3.51. The van der Waals surface area contributed by atoms with Crippen molar-refractivity contribution in [1.82, 2.24) is 20.6 Å². The van der Waals surface area contributed by atoms with Gasteiger partial charge in [-0.05, 0) is 35.9 Å². The zero-order valence-corrected chi connectivity index (χ0v) is 9.48. The van der Waals surface area contributed by atoms with Gasteiger partial charge in [-0.25, -0.2) is 4.39 Å². The van der Waals surface area contributed by atoms with E-state index in [1.165, 1.54) is 18.3 Å². The molecule has 2 N–H and O–H groups in total. The molecule has 18 heavy (non-hydrogen) atoms. The third kappa shape index (κ3) is 2.49. The number of tetrazole rings is 1. The van der Waals surface area contributed by atoms with E-state index in [-0.39, 0.29) is 17.2 Å². The number of nitrogens with one attached hydrogen (secondary N) is 2. The minimum Gasteiger partial charge on any atom is -0.360 e. The van der Waals surface area contributed by atoms with Gasteiger partial charge in [-0.1, -0.05) is 0 Å². The lowest BCUT2D eigenvalue weighted by Crippen LogP contribution is -1.95. The Bertz CT molecular complexity index is 611. The number of nitrogens with zero attached hydrogens (tertiary/aromatic N) is 4. The lowest BCUT2D eigenvalue weighted by atomic mass is 10.2. The number of halogens is 1. The number of nitriles is 1. The van der Waals surface area contributed by atoms with Gasteiger partial charge in [0.2, 0.25) is 5.82 Å². The summed E-state index contributed by atoms with van der Waals surface area (Å²) in [4.78, 5) is 0. The molecule has 0 radical (unpaired) electrons. The minimum absolute atomic E-state index is 0.199. The summed E-state index contributed by atoms with van der Waals surface area (Å²) >= 11 is 0. The first-order valence-electron chi connectivity index (χ1n) is 5.07. The Morgan fingerprint density at radius 3 is 3.00 bits per heavy atom. The zero-order valence-electron chi connectivity index (χ0n) is 9.48. The van der Waals surface area contributed by atoms with E-state index in [1.807, 2.05) is 6.07 Å². The first kappa shape index (κ1) is 11.7. The van der Waals surface area contributed by atoms with E-state index in [2.05, 4.69) is 25.9 Å². The summed E-state index contributed by atoms with van der Waals surface area (Å²) in [6, 6.07) is 6.27. The molecule has 0 atom stereocenters. The van der Waals surface area contributed by atoms with Crippen LogP contribution in [-0.4, -0.2) is 20.6 Å². The Morgan fingerprint density at radius 1 is 1.56 bits per heavy atom. The average Bonchev–Trinajstić information content (AvgIpc) is 2.86. The van der Waals surface area contributed by atoms with Gasteiger partial charge in [0.05, 0.1) is 0 Å². The summed E-state index contributed by atoms with van der Waals surface area (Å²) in [7, 11) is 0. The second-order valence-corrected chi connectivity index (χ2v) is 3.51. The van der Waals surface area contributed by atoms with Crippen molar-refractivity contribution < 1.29 is 4.39 Å². The third-order valence-corrected chi connectivity index (χ3v) is 2.27. The molecule has 0 unspecified atom stereocenters. The number of allylic oxidation sites excluding steroid dienone is 1. The van der Waals surface area contributed by atoms with Crippen LogP contribution in [0.4, 0.5) is 10.1 Å². The first-order chi connectivity index (χ1) is 8.70. The Morgan fingerprint density at radius 2 is 2.39 bits per heavy atom. The van der Waals surface area contributed by atoms with Crippen molar-refractivity contribution in [2.75, 3.05) is 5.32 Å². The van der Waals surface area contributed by atoms with Gasteiger partial charge in [0.1, 0.15) is 17.5 Å². The van der Waals surface area contributed by atoms with Crippen molar-refractivity contribution in [3.05, 3.63) is 41.6 Å². The lowest BCUT2D eigenvalue weighted by Gasteiger charge is -2.05. The van der Waals surface area contributed by atoms with E-state index in [1.54, 1.807) is 13.0 Å². The Balaban J connectivity index is 2.22. The number of rotatable bonds is 3. The summed E-state index contributed by atoms with van der Waals surface area (Å²) in [5.74, 6) is -0.106. The summed E-state index contributed by atoms with van der Waals surface area (Å²) in [5.41, 5.74) is 1.66. The molecule has 0 bridgehead atoms. The molecule has 2 aromatic rings. The van der Waals surface area contributed by atoms with E-state index in [9.17, 15) is 4.39 Å². The van der Waals surface area contributed by atoms with Crippen LogP contribution < -0.4 is 5.32 Å². The highest BCUT2D eigenvalue weighted by atomic mass is 19.1. The van der Waals surface area contributed by atoms with E-state index in [0.29, 0.717) is 5.69 Å². The number of hydrogen-bond donors (Lipinski definition) is 2. The number of hydrogen-bond acceptors (Lipinski definition) is 5. The maximum atomic E-state index is 12.9. The quantitative estimate of drug-likeness (QED) is 0.801. The van der Waals surface area contributed by atoms with Crippen LogP contribution in [0.5, 0.6) is 0 Å².